The molecule has 18 heavy (non-hydrogen) atoms. The van der Waals surface area contributed by atoms with E-state index in [1.165, 1.54) is 18.2 Å². The van der Waals surface area contributed by atoms with Crippen molar-refractivity contribution in [2.24, 2.45) is 0 Å². The molecule has 94 valence electrons. The third-order valence-electron chi connectivity index (χ3n) is 2.87. The van der Waals surface area contributed by atoms with Crippen LogP contribution >= 0.6 is 11.6 Å². The van der Waals surface area contributed by atoms with Crippen molar-refractivity contribution in [1.29, 1.82) is 0 Å². The van der Waals surface area contributed by atoms with E-state index in [9.17, 15) is 9.50 Å². The quantitative estimate of drug-likeness (QED) is 0.886. The predicted molar refractivity (Wildman–Crippen MR) is 71.3 cm³/mol. The van der Waals surface area contributed by atoms with Gasteiger partial charge in [-0.2, -0.15) is 0 Å². The molecule has 0 aliphatic heterocycles. The van der Waals surface area contributed by atoms with Gasteiger partial charge in [0.05, 0.1) is 6.10 Å². The van der Waals surface area contributed by atoms with Gasteiger partial charge in [-0.05, 0) is 30.7 Å². The molecule has 0 saturated carbocycles. The summed E-state index contributed by atoms with van der Waals surface area (Å²) in [5.74, 6) is -0.431. The van der Waals surface area contributed by atoms with E-state index in [0.717, 1.165) is 11.1 Å². The normalized spacial score (nSPS) is 12.4. The average Bonchev–Trinajstić information content (AvgIpc) is 2.35. The van der Waals surface area contributed by atoms with Crippen LogP contribution in [-0.2, 0) is 6.42 Å². The molecular weight excluding hydrogens is 251 g/mol. The highest BCUT2D eigenvalue weighted by molar-refractivity contribution is 6.30. The highest BCUT2D eigenvalue weighted by Gasteiger charge is 2.13. The average molecular weight is 265 g/mol. The lowest BCUT2D eigenvalue weighted by atomic mass is 10.0. The van der Waals surface area contributed by atoms with Crippen molar-refractivity contribution in [1.82, 2.24) is 0 Å². The fraction of sp³-hybridized carbons (Fsp3) is 0.200. The lowest BCUT2D eigenvalue weighted by Crippen LogP contribution is -2.04. The lowest BCUT2D eigenvalue weighted by Gasteiger charge is -2.12. The van der Waals surface area contributed by atoms with E-state index in [4.69, 9.17) is 11.6 Å². The largest absolute Gasteiger partial charge is 0.388 e. The molecule has 3 heteroatoms. The Bertz CT molecular complexity index is 537. The van der Waals surface area contributed by atoms with E-state index in [-0.39, 0.29) is 5.56 Å². The minimum absolute atomic E-state index is 0.239. The molecule has 0 spiro atoms. The van der Waals surface area contributed by atoms with Gasteiger partial charge < -0.3 is 5.11 Å². The molecule has 2 rings (SSSR count). The second kappa shape index (κ2) is 5.51. The number of hydrogen-bond donors (Lipinski definition) is 1. The molecule has 1 nitrogen and oxygen atoms in total. The Balaban J connectivity index is 2.18. The minimum Gasteiger partial charge on any atom is -0.388 e. The monoisotopic (exact) mass is 264 g/mol. The Morgan fingerprint density at radius 2 is 1.83 bits per heavy atom. The second-order valence-corrected chi connectivity index (χ2v) is 4.81. The van der Waals surface area contributed by atoms with Gasteiger partial charge in [0.25, 0.3) is 0 Å². The maximum Gasteiger partial charge on any atom is 0.129 e. The summed E-state index contributed by atoms with van der Waals surface area (Å²) in [6, 6.07) is 12.0. The molecule has 0 aliphatic rings. The second-order valence-electron chi connectivity index (χ2n) is 4.37. The summed E-state index contributed by atoms with van der Waals surface area (Å²) in [6.07, 6.45) is -0.510. The fourth-order valence-corrected chi connectivity index (χ4v) is 2.01. The summed E-state index contributed by atoms with van der Waals surface area (Å²) in [5.41, 5.74) is 2.36. The van der Waals surface area contributed by atoms with Crippen molar-refractivity contribution in [3.63, 3.8) is 0 Å². The van der Waals surface area contributed by atoms with Crippen molar-refractivity contribution in [3.05, 3.63) is 70.0 Å². The first kappa shape index (κ1) is 13.1. The summed E-state index contributed by atoms with van der Waals surface area (Å²) in [6.45, 7) is 2.00. The van der Waals surface area contributed by atoms with Gasteiger partial charge in [0, 0.05) is 17.0 Å². The Morgan fingerprint density at radius 3 is 2.50 bits per heavy atom. The van der Waals surface area contributed by atoms with E-state index in [1.54, 1.807) is 0 Å². The number of aliphatic hydroxyl groups is 1. The van der Waals surface area contributed by atoms with E-state index in [2.05, 4.69) is 0 Å². The maximum atomic E-state index is 13.6. The van der Waals surface area contributed by atoms with Gasteiger partial charge >= 0.3 is 0 Å². The van der Waals surface area contributed by atoms with Crippen molar-refractivity contribution < 1.29 is 9.50 Å². The van der Waals surface area contributed by atoms with Crippen molar-refractivity contribution >= 4 is 11.6 Å². The fourth-order valence-electron chi connectivity index (χ4n) is 1.83. The molecule has 0 fully saturated rings. The molecule has 0 amide bonds. The Morgan fingerprint density at radius 1 is 1.17 bits per heavy atom. The summed E-state index contributed by atoms with van der Waals surface area (Å²) in [4.78, 5) is 0. The van der Waals surface area contributed by atoms with Gasteiger partial charge in [-0.15, -0.1) is 0 Å². The zero-order chi connectivity index (χ0) is 13.1. The zero-order valence-electron chi connectivity index (χ0n) is 10.0. The minimum atomic E-state index is -0.883. The summed E-state index contributed by atoms with van der Waals surface area (Å²) < 4.78 is 13.6. The molecule has 2 aromatic carbocycles. The first-order valence-corrected chi connectivity index (χ1v) is 6.12. The topological polar surface area (TPSA) is 20.2 Å². The van der Waals surface area contributed by atoms with Crippen LogP contribution in [-0.4, -0.2) is 5.11 Å². The molecular formula is C15H14ClFO. The van der Waals surface area contributed by atoms with Crippen LogP contribution in [0.5, 0.6) is 0 Å². The number of aliphatic hydroxyl groups excluding tert-OH is 1. The van der Waals surface area contributed by atoms with Crippen molar-refractivity contribution in [2.45, 2.75) is 19.4 Å². The molecule has 0 radical (unpaired) electrons. The van der Waals surface area contributed by atoms with Gasteiger partial charge in [0.15, 0.2) is 0 Å². The van der Waals surface area contributed by atoms with Gasteiger partial charge in [0.2, 0.25) is 0 Å². The van der Waals surface area contributed by atoms with Crippen LogP contribution in [0.4, 0.5) is 4.39 Å². The number of rotatable bonds is 3. The molecule has 1 N–H and O–H groups in total. The van der Waals surface area contributed by atoms with E-state index < -0.39 is 11.9 Å². The Kier molecular flexibility index (Phi) is 4.00. The van der Waals surface area contributed by atoms with Crippen LogP contribution < -0.4 is 0 Å². The Hall–Kier alpha value is -1.38. The maximum absolute atomic E-state index is 13.6. The highest BCUT2D eigenvalue weighted by Crippen LogP contribution is 2.24. The molecule has 0 heterocycles. The van der Waals surface area contributed by atoms with Crippen molar-refractivity contribution in [2.75, 3.05) is 0 Å². The van der Waals surface area contributed by atoms with E-state index >= 15 is 0 Å². The number of benzene rings is 2. The van der Waals surface area contributed by atoms with Gasteiger partial charge in [0.1, 0.15) is 5.82 Å². The van der Waals surface area contributed by atoms with Gasteiger partial charge in [-0.25, -0.2) is 4.39 Å². The van der Waals surface area contributed by atoms with E-state index in [0.29, 0.717) is 11.4 Å². The van der Waals surface area contributed by atoms with Crippen LogP contribution in [0, 0.1) is 12.7 Å². The summed E-state index contributed by atoms with van der Waals surface area (Å²) in [7, 11) is 0. The van der Waals surface area contributed by atoms with Crippen molar-refractivity contribution in [3.8, 4) is 0 Å². The third kappa shape index (κ3) is 3.09. The first-order valence-electron chi connectivity index (χ1n) is 5.75. The molecule has 0 saturated heterocycles. The van der Waals surface area contributed by atoms with Gasteiger partial charge in [-0.3, -0.25) is 0 Å². The Labute approximate surface area is 111 Å². The molecule has 1 unspecified atom stereocenters. The first-order chi connectivity index (χ1) is 8.56. The van der Waals surface area contributed by atoms with Gasteiger partial charge in [-0.1, -0.05) is 41.4 Å². The predicted octanol–water partition coefficient (Wildman–Crippen LogP) is 4.06. The number of hydrogen-bond acceptors (Lipinski definition) is 1. The van der Waals surface area contributed by atoms with Crippen LogP contribution in [0.3, 0.4) is 0 Å². The van der Waals surface area contributed by atoms with Crippen LogP contribution in [0.15, 0.2) is 42.5 Å². The van der Waals surface area contributed by atoms with Crippen LogP contribution in [0.1, 0.15) is 22.8 Å². The summed E-state index contributed by atoms with van der Waals surface area (Å²) >= 11 is 5.81. The standard InChI is InChI=1S/C15H14ClFO/c1-10-2-4-11(5-3-10)8-15(18)13-9-12(16)6-7-14(13)17/h2-7,9,15,18H,8H2,1H3. The van der Waals surface area contributed by atoms with Crippen LogP contribution in [0.2, 0.25) is 5.02 Å². The highest BCUT2D eigenvalue weighted by atomic mass is 35.5. The third-order valence-corrected chi connectivity index (χ3v) is 3.10. The molecule has 2 aromatic rings. The molecule has 0 aliphatic carbocycles. The van der Waals surface area contributed by atoms with E-state index in [1.807, 2.05) is 31.2 Å². The number of aryl methyl sites for hydroxylation is 1. The smallest absolute Gasteiger partial charge is 0.129 e. The number of halogens is 2. The zero-order valence-corrected chi connectivity index (χ0v) is 10.8. The molecule has 1 atom stereocenters. The molecule has 0 aromatic heterocycles. The summed E-state index contributed by atoms with van der Waals surface area (Å²) in [5, 5.41) is 10.5. The lowest BCUT2D eigenvalue weighted by molar-refractivity contribution is 0.173. The SMILES string of the molecule is Cc1ccc(CC(O)c2cc(Cl)ccc2F)cc1. The molecule has 0 bridgehead atoms. The van der Waals surface area contributed by atoms with Crippen LogP contribution in [0.25, 0.3) is 0 Å².